The number of nitrogens with two attached hydrogens (primary N) is 1. The van der Waals surface area contributed by atoms with Crippen LogP contribution < -0.4 is 5.73 Å². The summed E-state index contributed by atoms with van der Waals surface area (Å²) < 4.78 is 1.05. The van der Waals surface area contributed by atoms with Crippen LogP contribution in [0, 0.1) is 0 Å². The lowest BCUT2D eigenvalue weighted by molar-refractivity contribution is 0.634. The highest BCUT2D eigenvalue weighted by molar-refractivity contribution is 9.10. The van der Waals surface area contributed by atoms with Crippen molar-refractivity contribution in [3.8, 4) is 0 Å². The lowest BCUT2D eigenvalue weighted by Crippen LogP contribution is -2.10. The van der Waals surface area contributed by atoms with Crippen molar-refractivity contribution in [1.29, 1.82) is 0 Å². The van der Waals surface area contributed by atoms with Gasteiger partial charge in [0, 0.05) is 28.5 Å². The van der Waals surface area contributed by atoms with E-state index >= 15 is 0 Å². The maximum atomic E-state index is 5.94. The Morgan fingerprint density at radius 2 is 2.42 bits per heavy atom. The lowest BCUT2D eigenvalue weighted by atomic mass is 10.1. The van der Waals surface area contributed by atoms with Crippen molar-refractivity contribution in [3.63, 3.8) is 0 Å². The average molecular weight is 229 g/mol. The number of pyridine rings is 1. The molecule has 66 valence electrons. The molecule has 0 aromatic carbocycles. The highest BCUT2D eigenvalue weighted by Gasteiger charge is 2.07. The fourth-order valence-corrected chi connectivity index (χ4v) is 1.64. The van der Waals surface area contributed by atoms with Gasteiger partial charge >= 0.3 is 0 Å². The third-order valence-electron chi connectivity index (χ3n) is 1.80. The molecule has 0 aliphatic heterocycles. The quantitative estimate of drug-likeness (QED) is 0.865. The zero-order chi connectivity index (χ0) is 8.97. The SMILES string of the molecule is CCCC(N)c1cnccc1Br. The summed E-state index contributed by atoms with van der Waals surface area (Å²) in [5.41, 5.74) is 7.03. The van der Waals surface area contributed by atoms with Crippen molar-refractivity contribution >= 4 is 15.9 Å². The molecule has 1 aromatic rings. The van der Waals surface area contributed by atoms with E-state index in [4.69, 9.17) is 5.73 Å². The zero-order valence-electron chi connectivity index (χ0n) is 7.13. The van der Waals surface area contributed by atoms with Crippen molar-refractivity contribution in [3.05, 3.63) is 28.5 Å². The van der Waals surface area contributed by atoms with Gasteiger partial charge in [0.25, 0.3) is 0 Å². The number of rotatable bonds is 3. The number of nitrogens with zero attached hydrogens (tertiary/aromatic N) is 1. The molecule has 1 rings (SSSR count). The van der Waals surface area contributed by atoms with E-state index in [1.165, 1.54) is 0 Å². The predicted molar refractivity (Wildman–Crippen MR) is 53.8 cm³/mol. The van der Waals surface area contributed by atoms with Crippen LogP contribution in [0.3, 0.4) is 0 Å². The zero-order valence-corrected chi connectivity index (χ0v) is 8.71. The van der Waals surface area contributed by atoms with Gasteiger partial charge in [0.05, 0.1) is 0 Å². The molecule has 0 bridgehead atoms. The van der Waals surface area contributed by atoms with Gasteiger partial charge in [-0.15, -0.1) is 0 Å². The summed E-state index contributed by atoms with van der Waals surface area (Å²) in [6.07, 6.45) is 5.68. The summed E-state index contributed by atoms with van der Waals surface area (Å²) in [5.74, 6) is 0. The highest BCUT2D eigenvalue weighted by Crippen LogP contribution is 2.23. The van der Waals surface area contributed by atoms with Crippen molar-refractivity contribution in [2.45, 2.75) is 25.8 Å². The van der Waals surface area contributed by atoms with Gasteiger partial charge in [-0.1, -0.05) is 29.3 Å². The monoisotopic (exact) mass is 228 g/mol. The predicted octanol–water partition coefficient (Wildman–Crippen LogP) is 2.64. The van der Waals surface area contributed by atoms with Crippen LogP contribution in [0.5, 0.6) is 0 Å². The standard InChI is InChI=1S/C9H13BrN2/c1-2-3-9(11)7-6-12-5-4-8(7)10/h4-6,9H,2-3,11H2,1H3. The van der Waals surface area contributed by atoms with Crippen LogP contribution in [0.4, 0.5) is 0 Å². The Hall–Kier alpha value is -0.410. The normalized spacial score (nSPS) is 12.9. The Kier molecular flexibility index (Phi) is 3.69. The first-order valence-electron chi connectivity index (χ1n) is 4.10. The number of halogens is 1. The number of aromatic nitrogens is 1. The van der Waals surface area contributed by atoms with Gasteiger partial charge in [-0.25, -0.2) is 0 Å². The Balaban J connectivity index is 2.79. The molecule has 0 aliphatic carbocycles. The van der Waals surface area contributed by atoms with E-state index in [9.17, 15) is 0 Å². The van der Waals surface area contributed by atoms with E-state index in [0.717, 1.165) is 22.9 Å². The van der Waals surface area contributed by atoms with Crippen molar-refractivity contribution in [1.82, 2.24) is 4.98 Å². The molecule has 0 saturated heterocycles. The number of hydrogen-bond donors (Lipinski definition) is 1. The second-order valence-electron chi connectivity index (χ2n) is 2.79. The van der Waals surface area contributed by atoms with E-state index in [2.05, 4.69) is 27.8 Å². The van der Waals surface area contributed by atoms with Gasteiger partial charge in [-0.05, 0) is 12.5 Å². The van der Waals surface area contributed by atoms with Gasteiger partial charge in [-0.2, -0.15) is 0 Å². The molecule has 1 atom stereocenters. The average Bonchev–Trinajstić information content (AvgIpc) is 2.05. The van der Waals surface area contributed by atoms with Gasteiger partial charge in [0.2, 0.25) is 0 Å². The minimum absolute atomic E-state index is 0.109. The van der Waals surface area contributed by atoms with Crippen LogP contribution in [0.15, 0.2) is 22.9 Å². The topological polar surface area (TPSA) is 38.9 Å². The summed E-state index contributed by atoms with van der Waals surface area (Å²) in [6.45, 7) is 2.13. The van der Waals surface area contributed by atoms with Crippen LogP contribution in [-0.2, 0) is 0 Å². The van der Waals surface area contributed by atoms with Gasteiger partial charge in [-0.3, -0.25) is 4.98 Å². The van der Waals surface area contributed by atoms with Crippen LogP contribution in [0.2, 0.25) is 0 Å². The van der Waals surface area contributed by atoms with Crippen LogP contribution in [-0.4, -0.2) is 4.98 Å². The largest absolute Gasteiger partial charge is 0.324 e. The lowest BCUT2D eigenvalue weighted by Gasteiger charge is -2.11. The van der Waals surface area contributed by atoms with Crippen LogP contribution >= 0.6 is 15.9 Å². The van der Waals surface area contributed by atoms with E-state index in [-0.39, 0.29) is 6.04 Å². The molecule has 2 N–H and O–H groups in total. The maximum absolute atomic E-state index is 5.94. The van der Waals surface area contributed by atoms with Crippen molar-refractivity contribution < 1.29 is 0 Å². The first-order valence-corrected chi connectivity index (χ1v) is 4.90. The van der Waals surface area contributed by atoms with E-state index < -0.39 is 0 Å². The molecule has 2 nitrogen and oxygen atoms in total. The Morgan fingerprint density at radius 3 is 3.00 bits per heavy atom. The molecule has 0 spiro atoms. The Morgan fingerprint density at radius 1 is 1.67 bits per heavy atom. The summed E-state index contributed by atoms with van der Waals surface area (Å²) >= 11 is 3.45. The summed E-state index contributed by atoms with van der Waals surface area (Å²) in [4.78, 5) is 4.04. The van der Waals surface area contributed by atoms with Gasteiger partial charge < -0.3 is 5.73 Å². The Labute approximate surface area is 81.3 Å². The van der Waals surface area contributed by atoms with Crippen LogP contribution in [0.25, 0.3) is 0 Å². The summed E-state index contributed by atoms with van der Waals surface area (Å²) in [6, 6.07) is 2.03. The first kappa shape index (κ1) is 9.68. The molecule has 0 aliphatic rings. The minimum Gasteiger partial charge on any atom is -0.324 e. The third kappa shape index (κ3) is 2.29. The second-order valence-corrected chi connectivity index (χ2v) is 3.65. The molecule has 1 heterocycles. The molecule has 1 aromatic heterocycles. The van der Waals surface area contributed by atoms with E-state index in [1.807, 2.05) is 12.3 Å². The molecule has 0 fully saturated rings. The molecule has 3 heteroatoms. The molecule has 1 unspecified atom stereocenters. The molecule has 0 radical (unpaired) electrons. The fraction of sp³-hybridized carbons (Fsp3) is 0.444. The Bertz CT molecular complexity index is 250. The molecule has 0 saturated carbocycles. The summed E-state index contributed by atoms with van der Waals surface area (Å²) in [7, 11) is 0. The fourth-order valence-electron chi connectivity index (χ4n) is 1.13. The third-order valence-corrected chi connectivity index (χ3v) is 2.52. The molecular weight excluding hydrogens is 216 g/mol. The molecule has 0 amide bonds. The van der Waals surface area contributed by atoms with Crippen molar-refractivity contribution in [2.75, 3.05) is 0 Å². The summed E-state index contributed by atoms with van der Waals surface area (Å²) in [5, 5.41) is 0. The number of hydrogen-bond acceptors (Lipinski definition) is 2. The maximum Gasteiger partial charge on any atom is 0.0326 e. The van der Waals surface area contributed by atoms with E-state index in [0.29, 0.717) is 0 Å². The highest BCUT2D eigenvalue weighted by atomic mass is 79.9. The molecular formula is C9H13BrN2. The van der Waals surface area contributed by atoms with E-state index in [1.54, 1.807) is 6.20 Å². The first-order chi connectivity index (χ1) is 5.75. The minimum atomic E-state index is 0.109. The van der Waals surface area contributed by atoms with Gasteiger partial charge in [0.1, 0.15) is 0 Å². The molecule has 12 heavy (non-hydrogen) atoms. The van der Waals surface area contributed by atoms with Crippen LogP contribution in [0.1, 0.15) is 31.4 Å². The second kappa shape index (κ2) is 4.58. The smallest absolute Gasteiger partial charge is 0.0326 e. The van der Waals surface area contributed by atoms with Crippen molar-refractivity contribution in [2.24, 2.45) is 5.73 Å². The van der Waals surface area contributed by atoms with Gasteiger partial charge in [0.15, 0.2) is 0 Å².